The van der Waals surface area contributed by atoms with E-state index < -0.39 is 6.10 Å². The molecule has 0 fully saturated rings. The fourth-order valence-electron chi connectivity index (χ4n) is 8.11. The van der Waals surface area contributed by atoms with Crippen molar-refractivity contribution >= 4 is 11.9 Å². The Morgan fingerprint density at radius 3 is 1.12 bits per heavy atom. The molecule has 0 aliphatic rings. The number of esters is 2. The van der Waals surface area contributed by atoms with E-state index in [2.05, 4.69) is 69.4 Å². The van der Waals surface area contributed by atoms with Gasteiger partial charge in [0.15, 0.2) is 6.10 Å². The third-order valence-electron chi connectivity index (χ3n) is 12.3. The van der Waals surface area contributed by atoms with Crippen LogP contribution in [0.5, 0.6) is 0 Å². The van der Waals surface area contributed by atoms with Gasteiger partial charge in [-0.1, -0.05) is 249 Å². The summed E-state index contributed by atoms with van der Waals surface area (Å²) in [5.41, 5.74) is 0. The molecule has 0 amide bonds. The molecular formula is C59H108O5. The lowest BCUT2D eigenvalue weighted by Crippen LogP contribution is -2.30. The zero-order valence-electron chi connectivity index (χ0n) is 43.1. The van der Waals surface area contributed by atoms with Crippen LogP contribution in [-0.4, -0.2) is 37.9 Å². The molecule has 5 nitrogen and oxygen atoms in total. The van der Waals surface area contributed by atoms with E-state index in [9.17, 15) is 9.59 Å². The molecule has 0 heterocycles. The summed E-state index contributed by atoms with van der Waals surface area (Å²) in [6.45, 7) is 7.80. The number of ether oxygens (including phenoxy) is 3. The molecule has 0 aromatic rings. The van der Waals surface area contributed by atoms with Crippen molar-refractivity contribution in [2.75, 3.05) is 19.8 Å². The van der Waals surface area contributed by atoms with Crippen LogP contribution in [0.15, 0.2) is 48.6 Å². The lowest BCUT2D eigenvalue weighted by atomic mass is 10.0. The molecule has 0 saturated carbocycles. The Morgan fingerprint density at radius 1 is 0.344 bits per heavy atom. The number of carbonyl (C=O) groups is 2. The Kier molecular flexibility index (Phi) is 53.3. The highest BCUT2D eigenvalue weighted by Crippen LogP contribution is 2.15. The lowest BCUT2D eigenvalue weighted by molar-refractivity contribution is -0.162. The van der Waals surface area contributed by atoms with E-state index in [4.69, 9.17) is 14.2 Å². The molecule has 0 saturated heterocycles. The highest BCUT2D eigenvalue weighted by Gasteiger charge is 2.17. The molecule has 0 unspecified atom stereocenters. The molecule has 0 spiro atoms. The van der Waals surface area contributed by atoms with E-state index in [-0.39, 0.29) is 25.2 Å². The maximum absolute atomic E-state index is 12.8. The normalized spacial score (nSPS) is 12.5. The molecule has 0 N–H and O–H groups in total. The van der Waals surface area contributed by atoms with Crippen LogP contribution < -0.4 is 0 Å². The zero-order valence-corrected chi connectivity index (χ0v) is 43.1. The Hall–Kier alpha value is -2.14. The number of allylic oxidation sites excluding steroid dienone is 8. The van der Waals surface area contributed by atoms with Crippen LogP contribution in [0, 0.1) is 0 Å². The standard InChI is InChI=1S/C59H108O5/c1-4-7-10-13-16-19-22-25-28-30-32-35-38-41-44-47-50-53-59(61)64-57(55-62-54-51-48-45-42-39-36-33-29-26-23-20-17-14-11-8-5-2)56-63-58(60)52-49-46-43-40-37-34-31-27-24-21-18-15-12-9-6-3/h21,24-25,28,32,35,41,44,57H,4-20,22-23,26-27,29-31,33-34,36-40,42-43,45-56H2,1-3H3/b24-21-,28-25-,35-32-,44-41-/t57-/m1/s1. The number of carbonyl (C=O) groups excluding carboxylic acids is 2. The maximum atomic E-state index is 12.8. The van der Waals surface area contributed by atoms with Gasteiger partial charge in [0.05, 0.1) is 6.61 Å². The molecule has 0 aliphatic carbocycles. The Balaban J connectivity index is 4.33. The first kappa shape index (κ1) is 61.9. The van der Waals surface area contributed by atoms with Crippen molar-refractivity contribution in [2.24, 2.45) is 0 Å². The third-order valence-corrected chi connectivity index (χ3v) is 12.3. The van der Waals surface area contributed by atoms with Gasteiger partial charge in [-0.15, -0.1) is 0 Å². The minimum atomic E-state index is -0.561. The van der Waals surface area contributed by atoms with Gasteiger partial charge in [-0.05, 0) is 77.0 Å². The van der Waals surface area contributed by atoms with Crippen LogP contribution in [-0.2, 0) is 23.8 Å². The summed E-state index contributed by atoms with van der Waals surface area (Å²) < 4.78 is 17.4. The Morgan fingerprint density at radius 2 is 0.672 bits per heavy atom. The molecule has 64 heavy (non-hydrogen) atoms. The topological polar surface area (TPSA) is 61.8 Å². The quantitative estimate of drug-likeness (QED) is 0.0346. The van der Waals surface area contributed by atoms with Crippen LogP contribution in [0.3, 0.4) is 0 Å². The molecule has 5 heteroatoms. The van der Waals surface area contributed by atoms with Gasteiger partial charge in [0.25, 0.3) is 0 Å². The second-order valence-corrected chi connectivity index (χ2v) is 18.8. The molecule has 0 aliphatic heterocycles. The summed E-state index contributed by atoms with van der Waals surface area (Å²) in [5, 5.41) is 0. The van der Waals surface area contributed by atoms with Crippen LogP contribution in [0.25, 0.3) is 0 Å². The van der Waals surface area contributed by atoms with E-state index in [1.807, 2.05) is 0 Å². The molecule has 374 valence electrons. The van der Waals surface area contributed by atoms with Crippen molar-refractivity contribution in [2.45, 2.75) is 297 Å². The van der Waals surface area contributed by atoms with E-state index in [1.54, 1.807) is 0 Å². The zero-order chi connectivity index (χ0) is 46.3. The maximum Gasteiger partial charge on any atom is 0.306 e. The van der Waals surface area contributed by atoms with Gasteiger partial charge in [0.2, 0.25) is 0 Å². The average Bonchev–Trinajstić information content (AvgIpc) is 3.30. The van der Waals surface area contributed by atoms with Crippen LogP contribution in [0.4, 0.5) is 0 Å². The molecular weight excluding hydrogens is 789 g/mol. The first-order valence-corrected chi connectivity index (χ1v) is 28.2. The first-order valence-electron chi connectivity index (χ1n) is 28.2. The van der Waals surface area contributed by atoms with Crippen molar-refractivity contribution < 1.29 is 23.8 Å². The average molecular weight is 898 g/mol. The summed E-state index contributed by atoms with van der Waals surface area (Å²) in [6.07, 6.45) is 68.5. The van der Waals surface area contributed by atoms with E-state index in [1.165, 1.54) is 199 Å². The monoisotopic (exact) mass is 897 g/mol. The molecule has 0 aromatic carbocycles. The number of unbranched alkanes of at least 4 members (excludes halogenated alkanes) is 33. The molecule has 0 bridgehead atoms. The smallest absolute Gasteiger partial charge is 0.306 e. The Bertz CT molecular complexity index is 1060. The summed E-state index contributed by atoms with van der Waals surface area (Å²) >= 11 is 0. The minimum Gasteiger partial charge on any atom is -0.462 e. The summed E-state index contributed by atoms with van der Waals surface area (Å²) in [7, 11) is 0. The van der Waals surface area contributed by atoms with Crippen LogP contribution >= 0.6 is 0 Å². The van der Waals surface area contributed by atoms with Crippen molar-refractivity contribution in [3.8, 4) is 0 Å². The summed E-state index contributed by atoms with van der Waals surface area (Å²) in [4.78, 5) is 25.4. The van der Waals surface area contributed by atoms with Gasteiger partial charge in [-0.2, -0.15) is 0 Å². The lowest BCUT2D eigenvalue weighted by Gasteiger charge is -2.18. The first-order chi connectivity index (χ1) is 31.6. The third kappa shape index (κ3) is 52.5. The Labute approximate surface area is 399 Å². The largest absolute Gasteiger partial charge is 0.462 e. The van der Waals surface area contributed by atoms with Crippen molar-refractivity contribution in [1.29, 1.82) is 0 Å². The van der Waals surface area contributed by atoms with Crippen LogP contribution in [0.2, 0.25) is 0 Å². The molecule has 0 radical (unpaired) electrons. The van der Waals surface area contributed by atoms with Gasteiger partial charge in [-0.3, -0.25) is 9.59 Å². The van der Waals surface area contributed by atoms with Crippen molar-refractivity contribution in [3.05, 3.63) is 48.6 Å². The highest BCUT2D eigenvalue weighted by atomic mass is 16.6. The fourth-order valence-corrected chi connectivity index (χ4v) is 8.11. The van der Waals surface area contributed by atoms with Gasteiger partial charge in [-0.25, -0.2) is 0 Å². The molecule has 1 atom stereocenters. The number of hydrogen-bond donors (Lipinski definition) is 0. The predicted octanol–water partition coefficient (Wildman–Crippen LogP) is 19.1. The van der Waals surface area contributed by atoms with Crippen molar-refractivity contribution in [1.82, 2.24) is 0 Å². The van der Waals surface area contributed by atoms with Crippen LogP contribution in [0.1, 0.15) is 290 Å². The molecule has 0 rings (SSSR count). The van der Waals surface area contributed by atoms with E-state index >= 15 is 0 Å². The van der Waals surface area contributed by atoms with Gasteiger partial charge < -0.3 is 14.2 Å². The van der Waals surface area contributed by atoms with Crippen molar-refractivity contribution in [3.63, 3.8) is 0 Å². The second kappa shape index (κ2) is 55.2. The predicted molar refractivity (Wildman–Crippen MR) is 279 cm³/mol. The number of rotatable bonds is 52. The van der Waals surface area contributed by atoms with Gasteiger partial charge >= 0.3 is 11.9 Å². The van der Waals surface area contributed by atoms with Gasteiger partial charge in [0, 0.05) is 19.4 Å². The van der Waals surface area contributed by atoms with E-state index in [0.29, 0.717) is 19.4 Å². The molecule has 0 aromatic heterocycles. The SMILES string of the molecule is CCCCCC/C=C\CCCCCCCCCC(=O)OC[C@@H](COCCCCCCCCCCCCCCCCCC)OC(=O)CCC/C=C\C/C=C\C/C=C\CCCCCCCC. The minimum absolute atomic E-state index is 0.0667. The summed E-state index contributed by atoms with van der Waals surface area (Å²) in [6, 6.07) is 0. The number of hydrogen-bond acceptors (Lipinski definition) is 5. The highest BCUT2D eigenvalue weighted by molar-refractivity contribution is 5.70. The summed E-state index contributed by atoms with van der Waals surface area (Å²) in [5.74, 6) is -0.449. The fraction of sp³-hybridized carbons (Fsp3) is 0.831. The second-order valence-electron chi connectivity index (χ2n) is 18.8. The van der Waals surface area contributed by atoms with E-state index in [0.717, 1.165) is 57.8 Å². The van der Waals surface area contributed by atoms with Gasteiger partial charge in [0.1, 0.15) is 6.61 Å².